The van der Waals surface area contributed by atoms with Crippen molar-refractivity contribution < 1.29 is 18.1 Å². The number of hydrogen-bond donors (Lipinski definition) is 2. The van der Waals surface area contributed by atoms with Crippen molar-refractivity contribution in [3.63, 3.8) is 0 Å². The highest BCUT2D eigenvalue weighted by Gasteiger charge is 2.20. The van der Waals surface area contributed by atoms with Crippen LogP contribution in [0.15, 0.2) is 59.5 Å². The van der Waals surface area contributed by atoms with Crippen molar-refractivity contribution in [2.75, 3.05) is 0 Å². The summed E-state index contributed by atoms with van der Waals surface area (Å²) in [5, 5.41) is 6.79. The minimum atomic E-state index is -0.693. The summed E-state index contributed by atoms with van der Waals surface area (Å²) < 4.78 is 32.3. The number of carbonyl (C=O) groups is 1. The third kappa shape index (κ3) is 4.10. The van der Waals surface area contributed by atoms with Crippen molar-refractivity contribution >= 4 is 16.9 Å². The molecular weight excluding hydrogens is 444 g/mol. The molecule has 0 bridgehead atoms. The van der Waals surface area contributed by atoms with Crippen LogP contribution < -0.4 is 5.32 Å². The third-order valence-corrected chi connectivity index (χ3v) is 5.18. The van der Waals surface area contributed by atoms with Crippen molar-refractivity contribution in [1.82, 2.24) is 35.4 Å². The highest BCUT2D eigenvalue weighted by Crippen LogP contribution is 2.24. The molecule has 5 aromatic rings. The SMILES string of the molecule is C[C@H](NC(=O)c1cc(-c2cccnc2F)ncn1)c1cc(-c2nc3ccc(CF)cc3[nH]2)no1. The molecule has 9 nitrogen and oxygen atoms in total. The van der Waals surface area contributed by atoms with Crippen LogP contribution in [0.1, 0.15) is 34.8 Å². The number of rotatable bonds is 6. The lowest BCUT2D eigenvalue weighted by atomic mass is 10.1. The fraction of sp³-hybridized carbons (Fsp3) is 0.130. The molecule has 0 fully saturated rings. The first kappa shape index (κ1) is 21.3. The predicted octanol–water partition coefficient (Wildman–Crippen LogP) is 4.17. The monoisotopic (exact) mass is 461 g/mol. The van der Waals surface area contributed by atoms with Crippen LogP contribution in [0, 0.1) is 5.95 Å². The van der Waals surface area contributed by atoms with Crippen molar-refractivity contribution in [2.45, 2.75) is 19.6 Å². The minimum Gasteiger partial charge on any atom is -0.358 e. The van der Waals surface area contributed by atoms with Gasteiger partial charge < -0.3 is 14.8 Å². The Bertz CT molecular complexity index is 1500. The van der Waals surface area contributed by atoms with Crippen molar-refractivity contribution in [3.05, 3.63) is 78.0 Å². The maximum atomic E-state index is 14.0. The van der Waals surface area contributed by atoms with Crippen LogP contribution in [0.2, 0.25) is 0 Å². The number of aromatic amines is 1. The Kier molecular flexibility index (Phi) is 5.50. The van der Waals surface area contributed by atoms with E-state index in [2.05, 4.69) is 35.4 Å². The number of nitrogens with one attached hydrogen (secondary N) is 2. The van der Waals surface area contributed by atoms with Crippen molar-refractivity contribution in [1.29, 1.82) is 0 Å². The number of pyridine rings is 1. The van der Waals surface area contributed by atoms with E-state index in [0.717, 1.165) is 0 Å². The van der Waals surface area contributed by atoms with E-state index in [1.165, 1.54) is 24.7 Å². The van der Waals surface area contributed by atoms with Gasteiger partial charge in [0.15, 0.2) is 11.6 Å². The van der Waals surface area contributed by atoms with Gasteiger partial charge in [0.25, 0.3) is 5.91 Å². The summed E-state index contributed by atoms with van der Waals surface area (Å²) in [7, 11) is 0. The summed E-state index contributed by atoms with van der Waals surface area (Å²) in [6, 6.07) is 10.6. The Balaban J connectivity index is 1.33. The average molecular weight is 461 g/mol. The molecule has 11 heteroatoms. The van der Waals surface area contributed by atoms with Gasteiger partial charge in [0, 0.05) is 12.3 Å². The number of halogens is 2. The van der Waals surface area contributed by atoms with Gasteiger partial charge in [0.2, 0.25) is 5.95 Å². The first-order chi connectivity index (χ1) is 16.5. The first-order valence-corrected chi connectivity index (χ1v) is 10.3. The van der Waals surface area contributed by atoms with Gasteiger partial charge >= 0.3 is 0 Å². The Labute approximate surface area is 191 Å². The molecule has 0 aliphatic heterocycles. The zero-order valence-electron chi connectivity index (χ0n) is 17.8. The van der Waals surface area contributed by atoms with E-state index in [0.29, 0.717) is 33.9 Å². The molecule has 0 aliphatic carbocycles. The number of amides is 1. The molecule has 0 spiro atoms. The number of fused-ring (bicyclic) bond motifs is 1. The summed E-state index contributed by atoms with van der Waals surface area (Å²) in [4.78, 5) is 31.9. The zero-order valence-corrected chi connectivity index (χ0v) is 17.8. The fourth-order valence-electron chi connectivity index (χ4n) is 3.41. The van der Waals surface area contributed by atoms with E-state index in [-0.39, 0.29) is 17.0 Å². The van der Waals surface area contributed by atoms with Gasteiger partial charge in [-0.3, -0.25) is 4.79 Å². The topological polar surface area (TPSA) is 122 Å². The molecule has 2 N–H and O–H groups in total. The number of alkyl halides is 1. The Morgan fingerprint density at radius 3 is 2.85 bits per heavy atom. The number of hydrogen-bond acceptors (Lipinski definition) is 7. The zero-order chi connectivity index (χ0) is 23.7. The van der Waals surface area contributed by atoms with Crippen molar-refractivity contribution in [3.8, 4) is 22.8 Å². The molecular formula is C23H17F2N7O2. The lowest BCUT2D eigenvalue weighted by Gasteiger charge is -2.10. The Hall–Kier alpha value is -4.54. The molecule has 0 radical (unpaired) electrons. The number of carbonyl (C=O) groups excluding carboxylic acids is 1. The van der Waals surface area contributed by atoms with Gasteiger partial charge in [0.1, 0.15) is 24.4 Å². The van der Waals surface area contributed by atoms with E-state index < -0.39 is 24.6 Å². The molecule has 34 heavy (non-hydrogen) atoms. The molecule has 0 saturated carbocycles. The van der Waals surface area contributed by atoms with Crippen LogP contribution in [-0.2, 0) is 6.67 Å². The van der Waals surface area contributed by atoms with E-state index in [1.54, 1.807) is 37.3 Å². The van der Waals surface area contributed by atoms with E-state index in [4.69, 9.17) is 4.52 Å². The van der Waals surface area contributed by atoms with Crippen LogP contribution >= 0.6 is 0 Å². The molecule has 170 valence electrons. The highest BCUT2D eigenvalue weighted by atomic mass is 19.1. The van der Waals surface area contributed by atoms with Crippen LogP contribution in [0.25, 0.3) is 33.8 Å². The van der Waals surface area contributed by atoms with Crippen LogP contribution in [0.4, 0.5) is 8.78 Å². The molecule has 0 unspecified atom stereocenters. The highest BCUT2D eigenvalue weighted by molar-refractivity contribution is 5.93. The van der Waals surface area contributed by atoms with E-state index in [1.807, 2.05) is 0 Å². The molecule has 0 aliphatic rings. The second-order valence-corrected chi connectivity index (χ2v) is 7.51. The molecule has 1 atom stereocenters. The average Bonchev–Trinajstić information content (AvgIpc) is 3.51. The summed E-state index contributed by atoms with van der Waals surface area (Å²) >= 11 is 0. The Morgan fingerprint density at radius 1 is 1.15 bits per heavy atom. The summed E-state index contributed by atoms with van der Waals surface area (Å²) in [5.41, 5.74) is 2.78. The largest absolute Gasteiger partial charge is 0.358 e. The Morgan fingerprint density at radius 2 is 2.03 bits per heavy atom. The maximum Gasteiger partial charge on any atom is 0.270 e. The number of nitrogens with zero attached hydrogens (tertiary/aromatic N) is 5. The third-order valence-electron chi connectivity index (χ3n) is 5.18. The number of aromatic nitrogens is 6. The van der Waals surface area contributed by atoms with Gasteiger partial charge in [-0.1, -0.05) is 11.2 Å². The molecule has 4 aromatic heterocycles. The van der Waals surface area contributed by atoms with Gasteiger partial charge in [-0.25, -0.2) is 24.3 Å². The molecule has 5 rings (SSSR count). The van der Waals surface area contributed by atoms with Gasteiger partial charge in [-0.15, -0.1) is 0 Å². The molecule has 4 heterocycles. The molecule has 1 aromatic carbocycles. The van der Waals surface area contributed by atoms with Gasteiger partial charge in [0.05, 0.1) is 28.3 Å². The maximum absolute atomic E-state index is 14.0. The number of benzene rings is 1. The number of imidazole rings is 1. The summed E-state index contributed by atoms with van der Waals surface area (Å²) in [5.74, 6) is -0.346. The van der Waals surface area contributed by atoms with Gasteiger partial charge in [-0.2, -0.15) is 4.39 Å². The number of H-pyrrole nitrogens is 1. The lowest BCUT2D eigenvalue weighted by Crippen LogP contribution is -2.27. The fourth-order valence-corrected chi connectivity index (χ4v) is 3.41. The van der Waals surface area contributed by atoms with Crippen LogP contribution in [0.3, 0.4) is 0 Å². The standard InChI is InChI=1S/C23H17F2N7O2/c1-12(29-23(33)19-8-16(27-11-28-19)14-3-2-6-26-21(14)25)20-9-18(32-34-20)22-30-15-5-4-13(10-24)7-17(15)31-22/h2-9,11-12H,10H2,1H3,(H,29,33)(H,30,31)/t12-/m0/s1. The summed E-state index contributed by atoms with van der Waals surface area (Å²) in [6.45, 7) is 1.15. The van der Waals surface area contributed by atoms with Crippen molar-refractivity contribution in [2.24, 2.45) is 0 Å². The predicted molar refractivity (Wildman–Crippen MR) is 118 cm³/mol. The normalized spacial score (nSPS) is 12.1. The second-order valence-electron chi connectivity index (χ2n) is 7.51. The molecule has 0 saturated heterocycles. The van der Waals surface area contributed by atoms with E-state index in [9.17, 15) is 13.6 Å². The minimum absolute atomic E-state index is 0.0563. The summed E-state index contributed by atoms with van der Waals surface area (Å²) in [6.07, 6.45) is 2.51. The van der Waals surface area contributed by atoms with Gasteiger partial charge in [-0.05, 0) is 42.8 Å². The van der Waals surface area contributed by atoms with Crippen LogP contribution in [0.5, 0.6) is 0 Å². The first-order valence-electron chi connectivity index (χ1n) is 10.3. The second kappa shape index (κ2) is 8.77. The lowest BCUT2D eigenvalue weighted by molar-refractivity contribution is 0.0928. The van der Waals surface area contributed by atoms with Crippen LogP contribution in [-0.4, -0.2) is 36.0 Å². The molecule has 1 amide bonds. The smallest absolute Gasteiger partial charge is 0.270 e. The quantitative estimate of drug-likeness (QED) is 0.364. The van der Waals surface area contributed by atoms with E-state index >= 15 is 0 Å².